The first-order valence-corrected chi connectivity index (χ1v) is 6.71. The van der Waals surface area contributed by atoms with Crippen LogP contribution in [0.4, 0.5) is 0 Å². The molecule has 100 valence electrons. The van der Waals surface area contributed by atoms with Gasteiger partial charge in [-0.3, -0.25) is 4.68 Å². The van der Waals surface area contributed by atoms with Gasteiger partial charge in [-0.2, -0.15) is 5.10 Å². The normalized spacial score (nSPS) is 18.3. The van der Waals surface area contributed by atoms with Crippen molar-refractivity contribution in [1.29, 1.82) is 0 Å². The van der Waals surface area contributed by atoms with Gasteiger partial charge in [-0.25, -0.2) is 0 Å². The molecule has 0 saturated carbocycles. The SMILES string of the molecule is Cn1nccc1CNCC1OCCc2ccccc21. The van der Waals surface area contributed by atoms with E-state index in [0.717, 1.165) is 26.1 Å². The molecule has 0 aliphatic carbocycles. The minimum absolute atomic E-state index is 0.165. The molecule has 1 unspecified atom stereocenters. The zero-order valence-corrected chi connectivity index (χ0v) is 11.2. The summed E-state index contributed by atoms with van der Waals surface area (Å²) in [6.45, 7) is 2.47. The number of nitrogens with one attached hydrogen (secondary N) is 1. The maximum absolute atomic E-state index is 5.87. The van der Waals surface area contributed by atoms with Gasteiger partial charge in [-0.05, 0) is 23.6 Å². The molecule has 0 bridgehead atoms. The largest absolute Gasteiger partial charge is 0.372 e. The van der Waals surface area contributed by atoms with Gasteiger partial charge in [0.05, 0.1) is 18.4 Å². The van der Waals surface area contributed by atoms with Crippen molar-refractivity contribution in [3.63, 3.8) is 0 Å². The van der Waals surface area contributed by atoms with Crippen LogP contribution in [0.3, 0.4) is 0 Å². The van der Waals surface area contributed by atoms with Gasteiger partial charge in [0.1, 0.15) is 0 Å². The molecule has 2 aromatic rings. The first-order valence-electron chi connectivity index (χ1n) is 6.71. The lowest BCUT2D eigenvalue weighted by molar-refractivity contribution is 0.0422. The van der Waals surface area contributed by atoms with Gasteiger partial charge in [-0.1, -0.05) is 24.3 Å². The molecule has 1 N–H and O–H groups in total. The zero-order chi connectivity index (χ0) is 13.1. The molecule has 1 aromatic carbocycles. The highest BCUT2D eigenvalue weighted by molar-refractivity contribution is 5.31. The Morgan fingerprint density at radius 3 is 3.11 bits per heavy atom. The Balaban J connectivity index is 1.61. The fraction of sp³-hybridized carbons (Fsp3) is 0.400. The van der Waals surface area contributed by atoms with Crippen molar-refractivity contribution in [1.82, 2.24) is 15.1 Å². The molecule has 0 saturated heterocycles. The molecular formula is C15H19N3O. The van der Waals surface area contributed by atoms with Gasteiger partial charge >= 0.3 is 0 Å². The van der Waals surface area contributed by atoms with Crippen LogP contribution < -0.4 is 5.32 Å². The van der Waals surface area contributed by atoms with Gasteiger partial charge in [0, 0.05) is 26.3 Å². The van der Waals surface area contributed by atoms with Crippen molar-refractivity contribution in [3.05, 3.63) is 53.3 Å². The van der Waals surface area contributed by atoms with Crippen LogP contribution in [-0.4, -0.2) is 22.9 Å². The summed E-state index contributed by atoms with van der Waals surface area (Å²) in [5, 5.41) is 7.62. The fourth-order valence-electron chi connectivity index (χ4n) is 2.55. The van der Waals surface area contributed by atoms with E-state index in [-0.39, 0.29) is 6.10 Å². The van der Waals surface area contributed by atoms with Crippen LogP contribution in [0.15, 0.2) is 36.5 Å². The van der Waals surface area contributed by atoms with E-state index in [1.165, 1.54) is 16.8 Å². The summed E-state index contributed by atoms with van der Waals surface area (Å²) in [5.41, 5.74) is 3.93. The number of fused-ring (bicyclic) bond motifs is 1. The molecule has 2 heterocycles. The van der Waals surface area contributed by atoms with Crippen molar-refractivity contribution in [2.75, 3.05) is 13.2 Å². The van der Waals surface area contributed by atoms with Crippen LogP contribution in [-0.2, 0) is 24.8 Å². The third-order valence-corrected chi connectivity index (χ3v) is 3.65. The molecule has 19 heavy (non-hydrogen) atoms. The summed E-state index contributed by atoms with van der Waals surface area (Å²) in [4.78, 5) is 0. The van der Waals surface area contributed by atoms with E-state index in [1.807, 2.05) is 24.0 Å². The standard InChI is InChI=1S/C15H19N3O/c1-18-13(6-8-17-18)10-16-11-15-14-5-3-2-4-12(14)7-9-19-15/h2-6,8,15-16H,7,9-11H2,1H3. The van der Waals surface area contributed by atoms with E-state index in [2.05, 4.69) is 34.7 Å². The molecule has 1 aromatic heterocycles. The van der Waals surface area contributed by atoms with Gasteiger partial charge < -0.3 is 10.1 Å². The van der Waals surface area contributed by atoms with E-state index in [1.54, 1.807) is 0 Å². The molecule has 1 aliphatic rings. The second kappa shape index (κ2) is 5.55. The lowest BCUT2D eigenvalue weighted by atomic mass is 9.97. The van der Waals surface area contributed by atoms with Crippen LogP contribution in [0.5, 0.6) is 0 Å². The summed E-state index contributed by atoms with van der Waals surface area (Å²) in [6, 6.07) is 10.6. The Hall–Kier alpha value is -1.65. The molecule has 3 rings (SSSR count). The highest BCUT2D eigenvalue weighted by Crippen LogP contribution is 2.26. The van der Waals surface area contributed by atoms with Crippen molar-refractivity contribution >= 4 is 0 Å². The van der Waals surface area contributed by atoms with Gasteiger partial charge in [0.25, 0.3) is 0 Å². The number of rotatable bonds is 4. The summed E-state index contributed by atoms with van der Waals surface area (Å²) in [6.07, 6.45) is 3.01. The van der Waals surface area contributed by atoms with E-state index in [4.69, 9.17) is 4.74 Å². The van der Waals surface area contributed by atoms with E-state index in [0.29, 0.717) is 0 Å². The molecule has 0 amide bonds. The zero-order valence-electron chi connectivity index (χ0n) is 11.2. The quantitative estimate of drug-likeness (QED) is 0.908. The van der Waals surface area contributed by atoms with Gasteiger partial charge in [0.15, 0.2) is 0 Å². The molecule has 1 atom stereocenters. The number of aryl methyl sites for hydroxylation is 1. The second-order valence-corrected chi connectivity index (χ2v) is 4.89. The molecule has 0 radical (unpaired) electrons. The van der Waals surface area contributed by atoms with Crippen molar-refractivity contribution in [2.24, 2.45) is 7.05 Å². The fourth-order valence-corrected chi connectivity index (χ4v) is 2.55. The van der Waals surface area contributed by atoms with Crippen molar-refractivity contribution in [3.8, 4) is 0 Å². The third-order valence-electron chi connectivity index (χ3n) is 3.65. The van der Waals surface area contributed by atoms with E-state index in [9.17, 15) is 0 Å². The maximum atomic E-state index is 5.87. The number of hydrogen-bond donors (Lipinski definition) is 1. The average Bonchev–Trinajstić information content (AvgIpc) is 2.85. The Morgan fingerprint density at radius 2 is 2.26 bits per heavy atom. The van der Waals surface area contributed by atoms with Crippen LogP contribution in [0.2, 0.25) is 0 Å². The Morgan fingerprint density at radius 1 is 1.37 bits per heavy atom. The Kier molecular flexibility index (Phi) is 3.62. The monoisotopic (exact) mass is 257 g/mol. The first kappa shape index (κ1) is 12.4. The lowest BCUT2D eigenvalue weighted by Crippen LogP contribution is -2.27. The summed E-state index contributed by atoms with van der Waals surface area (Å²) in [5.74, 6) is 0. The lowest BCUT2D eigenvalue weighted by Gasteiger charge is -2.26. The minimum Gasteiger partial charge on any atom is -0.372 e. The van der Waals surface area contributed by atoms with E-state index < -0.39 is 0 Å². The first-order chi connectivity index (χ1) is 9.34. The number of nitrogens with zero attached hydrogens (tertiary/aromatic N) is 2. The van der Waals surface area contributed by atoms with Crippen LogP contribution >= 0.6 is 0 Å². The number of hydrogen-bond acceptors (Lipinski definition) is 3. The Labute approximate surface area is 113 Å². The van der Waals surface area contributed by atoms with Crippen LogP contribution in [0.1, 0.15) is 22.9 Å². The molecule has 4 heteroatoms. The number of ether oxygens (including phenoxy) is 1. The predicted octanol–water partition coefficient (Wildman–Crippen LogP) is 1.82. The summed E-state index contributed by atoms with van der Waals surface area (Å²) >= 11 is 0. The summed E-state index contributed by atoms with van der Waals surface area (Å²) in [7, 11) is 1.96. The predicted molar refractivity (Wildman–Crippen MR) is 73.8 cm³/mol. The van der Waals surface area contributed by atoms with Crippen LogP contribution in [0.25, 0.3) is 0 Å². The molecule has 0 fully saturated rings. The second-order valence-electron chi connectivity index (χ2n) is 4.89. The summed E-state index contributed by atoms with van der Waals surface area (Å²) < 4.78 is 7.76. The van der Waals surface area contributed by atoms with Gasteiger partial charge in [0.2, 0.25) is 0 Å². The highest BCUT2D eigenvalue weighted by Gasteiger charge is 2.19. The van der Waals surface area contributed by atoms with Crippen molar-refractivity contribution in [2.45, 2.75) is 19.1 Å². The van der Waals surface area contributed by atoms with Crippen molar-refractivity contribution < 1.29 is 4.74 Å². The topological polar surface area (TPSA) is 39.1 Å². The van der Waals surface area contributed by atoms with Crippen LogP contribution in [0, 0.1) is 0 Å². The highest BCUT2D eigenvalue weighted by atomic mass is 16.5. The molecule has 4 nitrogen and oxygen atoms in total. The maximum Gasteiger partial charge on any atom is 0.0952 e. The average molecular weight is 257 g/mol. The smallest absolute Gasteiger partial charge is 0.0952 e. The minimum atomic E-state index is 0.165. The molecule has 1 aliphatic heterocycles. The third kappa shape index (κ3) is 2.69. The molecule has 0 spiro atoms. The van der Waals surface area contributed by atoms with Gasteiger partial charge in [-0.15, -0.1) is 0 Å². The number of aromatic nitrogens is 2. The Bertz CT molecular complexity index is 550. The molecular weight excluding hydrogens is 238 g/mol. The number of benzene rings is 1. The van der Waals surface area contributed by atoms with E-state index >= 15 is 0 Å².